The minimum Gasteiger partial charge on any atom is -0.481 e. The lowest BCUT2D eigenvalue weighted by atomic mass is 9.97. The number of urea groups is 1. The smallest absolute Gasteiger partial charge is 0.321 e. The van der Waals surface area contributed by atoms with Crippen molar-refractivity contribution >= 4 is 33.6 Å². The van der Waals surface area contributed by atoms with Crippen molar-refractivity contribution in [2.75, 3.05) is 18.4 Å². The molecule has 1 saturated heterocycles. The molecule has 6 heteroatoms. The lowest BCUT2D eigenvalue weighted by molar-refractivity contribution is -0.143. The number of anilines is 1. The van der Waals surface area contributed by atoms with Crippen molar-refractivity contribution in [2.24, 2.45) is 5.92 Å². The lowest BCUT2D eigenvalue weighted by Crippen LogP contribution is -2.42. The highest BCUT2D eigenvalue weighted by molar-refractivity contribution is 9.10. The number of aliphatic carboxylic acids is 1. The van der Waals surface area contributed by atoms with E-state index < -0.39 is 5.97 Å². The molecule has 20 heavy (non-hydrogen) atoms. The van der Waals surface area contributed by atoms with Gasteiger partial charge in [0.05, 0.1) is 5.92 Å². The quantitative estimate of drug-likeness (QED) is 0.869. The van der Waals surface area contributed by atoms with E-state index in [1.807, 2.05) is 25.1 Å². The summed E-state index contributed by atoms with van der Waals surface area (Å²) in [4.78, 5) is 24.7. The van der Waals surface area contributed by atoms with Crippen LogP contribution in [-0.4, -0.2) is 35.1 Å². The molecule has 1 aliphatic heterocycles. The van der Waals surface area contributed by atoms with Gasteiger partial charge in [0.15, 0.2) is 0 Å². The van der Waals surface area contributed by atoms with Gasteiger partial charge in [0.1, 0.15) is 0 Å². The Labute approximate surface area is 126 Å². The van der Waals surface area contributed by atoms with Crippen LogP contribution in [0.3, 0.4) is 0 Å². The molecule has 2 amide bonds. The zero-order valence-corrected chi connectivity index (χ0v) is 12.8. The van der Waals surface area contributed by atoms with Gasteiger partial charge in [-0.05, 0) is 37.5 Å². The Morgan fingerprint density at radius 2 is 2.00 bits per heavy atom. The Hall–Kier alpha value is -1.56. The van der Waals surface area contributed by atoms with Crippen LogP contribution in [0.25, 0.3) is 0 Å². The molecule has 108 valence electrons. The molecule has 0 spiro atoms. The van der Waals surface area contributed by atoms with E-state index in [2.05, 4.69) is 21.2 Å². The van der Waals surface area contributed by atoms with Crippen LogP contribution in [0.4, 0.5) is 10.5 Å². The van der Waals surface area contributed by atoms with Gasteiger partial charge in [0.25, 0.3) is 0 Å². The number of carboxylic acids is 1. The van der Waals surface area contributed by atoms with Crippen molar-refractivity contribution in [3.05, 3.63) is 28.2 Å². The van der Waals surface area contributed by atoms with Crippen LogP contribution in [0, 0.1) is 12.8 Å². The first-order valence-corrected chi connectivity index (χ1v) is 7.32. The molecular formula is C14H17BrN2O3. The SMILES string of the molecule is Cc1c(Br)cccc1NC(=O)N1CCC(C(=O)O)CC1. The maximum Gasteiger partial charge on any atom is 0.321 e. The largest absolute Gasteiger partial charge is 0.481 e. The van der Waals surface area contributed by atoms with E-state index in [0.29, 0.717) is 25.9 Å². The Bertz CT molecular complexity index is 525. The molecular weight excluding hydrogens is 324 g/mol. The molecule has 0 atom stereocenters. The number of nitrogens with one attached hydrogen (secondary N) is 1. The van der Waals surface area contributed by atoms with Crippen molar-refractivity contribution in [3.8, 4) is 0 Å². The van der Waals surface area contributed by atoms with Gasteiger partial charge in [-0.3, -0.25) is 4.79 Å². The highest BCUT2D eigenvalue weighted by atomic mass is 79.9. The van der Waals surface area contributed by atoms with E-state index in [0.717, 1.165) is 15.7 Å². The van der Waals surface area contributed by atoms with E-state index in [-0.39, 0.29) is 11.9 Å². The molecule has 0 aliphatic carbocycles. The van der Waals surface area contributed by atoms with Crippen molar-refractivity contribution < 1.29 is 14.7 Å². The molecule has 0 radical (unpaired) electrons. The minimum atomic E-state index is -0.770. The van der Waals surface area contributed by atoms with Crippen LogP contribution in [0.5, 0.6) is 0 Å². The summed E-state index contributed by atoms with van der Waals surface area (Å²) < 4.78 is 0.944. The maximum atomic E-state index is 12.2. The number of hydrogen-bond acceptors (Lipinski definition) is 2. The van der Waals surface area contributed by atoms with E-state index in [1.165, 1.54) is 0 Å². The number of halogens is 1. The van der Waals surface area contributed by atoms with E-state index >= 15 is 0 Å². The third-order valence-electron chi connectivity index (χ3n) is 3.64. The molecule has 0 unspecified atom stereocenters. The molecule has 0 aromatic heterocycles. The van der Waals surface area contributed by atoms with E-state index in [4.69, 9.17) is 5.11 Å². The van der Waals surface area contributed by atoms with Gasteiger partial charge in [-0.2, -0.15) is 0 Å². The second-order valence-corrected chi connectivity index (χ2v) is 5.80. The number of hydrogen-bond donors (Lipinski definition) is 2. The predicted molar refractivity (Wildman–Crippen MR) is 79.8 cm³/mol. The third-order valence-corrected chi connectivity index (χ3v) is 4.50. The molecule has 1 aromatic rings. The summed E-state index contributed by atoms with van der Waals surface area (Å²) in [5.74, 6) is -1.10. The normalized spacial score (nSPS) is 16.0. The molecule has 1 aliphatic rings. The summed E-state index contributed by atoms with van der Waals surface area (Å²) in [7, 11) is 0. The van der Waals surface area contributed by atoms with Crippen LogP contribution < -0.4 is 5.32 Å². The Morgan fingerprint density at radius 3 is 2.60 bits per heavy atom. The molecule has 1 fully saturated rings. The Balaban J connectivity index is 1.96. The number of amides is 2. The second-order valence-electron chi connectivity index (χ2n) is 4.94. The zero-order chi connectivity index (χ0) is 14.7. The summed E-state index contributed by atoms with van der Waals surface area (Å²) in [5, 5.41) is 11.8. The molecule has 2 N–H and O–H groups in total. The number of carboxylic acid groups (broad SMARTS) is 1. The first-order valence-electron chi connectivity index (χ1n) is 6.53. The highest BCUT2D eigenvalue weighted by Gasteiger charge is 2.27. The molecule has 0 saturated carbocycles. The van der Waals surface area contributed by atoms with Crippen LogP contribution in [0.1, 0.15) is 18.4 Å². The van der Waals surface area contributed by atoms with Gasteiger partial charge in [-0.25, -0.2) is 4.79 Å². The third kappa shape index (κ3) is 3.30. The molecule has 1 aromatic carbocycles. The maximum absolute atomic E-state index is 12.2. The topological polar surface area (TPSA) is 69.6 Å². The molecule has 1 heterocycles. The van der Waals surface area contributed by atoms with Crippen molar-refractivity contribution in [1.82, 2.24) is 4.90 Å². The average Bonchev–Trinajstić information content (AvgIpc) is 2.44. The van der Waals surface area contributed by atoms with Crippen LogP contribution in [0.2, 0.25) is 0 Å². The van der Waals surface area contributed by atoms with Crippen LogP contribution in [-0.2, 0) is 4.79 Å². The van der Waals surface area contributed by atoms with Gasteiger partial charge < -0.3 is 15.3 Å². The fourth-order valence-corrected chi connectivity index (χ4v) is 2.63. The summed E-state index contributed by atoms with van der Waals surface area (Å²) in [5.41, 5.74) is 1.74. The van der Waals surface area contributed by atoms with E-state index in [1.54, 1.807) is 4.90 Å². The number of piperidine rings is 1. The fraction of sp³-hybridized carbons (Fsp3) is 0.429. The number of carbonyl (C=O) groups is 2. The van der Waals surface area contributed by atoms with Gasteiger partial charge in [-0.1, -0.05) is 22.0 Å². The van der Waals surface area contributed by atoms with E-state index in [9.17, 15) is 9.59 Å². The zero-order valence-electron chi connectivity index (χ0n) is 11.2. The average molecular weight is 341 g/mol. The van der Waals surface area contributed by atoms with Crippen LogP contribution >= 0.6 is 15.9 Å². The molecule has 2 rings (SSSR count). The Morgan fingerprint density at radius 1 is 1.35 bits per heavy atom. The monoisotopic (exact) mass is 340 g/mol. The summed E-state index contributed by atoms with van der Waals surface area (Å²) in [6, 6.07) is 5.46. The summed E-state index contributed by atoms with van der Waals surface area (Å²) in [6.45, 7) is 2.89. The summed E-state index contributed by atoms with van der Waals surface area (Å²) in [6.07, 6.45) is 1.03. The van der Waals surface area contributed by atoms with Gasteiger partial charge in [0.2, 0.25) is 0 Å². The number of rotatable bonds is 2. The number of nitrogens with zero attached hydrogens (tertiary/aromatic N) is 1. The van der Waals surface area contributed by atoms with Crippen molar-refractivity contribution in [1.29, 1.82) is 0 Å². The minimum absolute atomic E-state index is 0.171. The standard InChI is InChI=1S/C14H17BrN2O3/c1-9-11(15)3-2-4-12(9)16-14(20)17-7-5-10(6-8-17)13(18)19/h2-4,10H,5-8H2,1H3,(H,16,20)(H,18,19). The Kier molecular flexibility index (Phi) is 4.65. The number of carbonyl (C=O) groups excluding carboxylic acids is 1. The first-order chi connectivity index (χ1) is 9.49. The second kappa shape index (κ2) is 6.26. The van der Waals surface area contributed by atoms with Gasteiger partial charge in [0, 0.05) is 23.2 Å². The fourth-order valence-electron chi connectivity index (χ4n) is 2.27. The summed E-state index contributed by atoms with van der Waals surface area (Å²) >= 11 is 3.43. The molecule has 5 nitrogen and oxygen atoms in total. The van der Waals surface area contributed by atoms with Gasteiger partial charge >= 0.3 is 12.0 Å². The first kappa shape index (κ1) is 14.8. The molecule has 0 bridgehead atoms. The number of benzene rings is 1. The lowest BCUT2D eigenvalue weighted by Gasteiger charge is -2.30. The highest BCUT2D eigenvalue weighted by Crippen LogP contribution is 2.24. The van der Waals surface area contributed by atoms with Crippen LogP contribution in [0.15, 0.2) is 22.7 Å². The van der Waals surface area contributed by atoms with Crippen molar-refractivity contribution in [2.45, 2.75) is 19.8 Å². The van der Waals surface area contributed by atoms with Gasteiger partial charge in [-0.15, -0.1) is 0 Å². The van der Waals surface area contributed by atoms with Crippen molar-refractivity contribution in [3.63, 3.8) is 0 Å². The predicted octanol–water partition coefficient (Wildman–Crippen LogP) is 3.09. The number of likely N-dealkylation sites (tertiary alicyclic amines) is 1.